The maximum Gasteiger partial charge on any atom is 0.335 e. The highest BCUT2D eigenvalue weighted by molar-refractivity contribution is 5.88. The predicted molar refractivity (Wildman–Crippen MR) is 94.7 cm³/mol. The van der Waals surface area contributed by atoms with Crippen LogP contribution >= 0.6 is 0 Å². The van der Waals surface area contributed by atoms with Crippen LogP contribution in [0.25, 0.3) is 0 Å². The number of piperazine rings is 1. The minimum absolute atomic E-state index is 0.219. The molecule has 0 aliphatic carbocycles. The molecule has 0 amide bonds. The summed E-state index contributed by atoms with van der Waals surface area (Å²) in [6.45, 7) is 5.47. The monoisotopic (exact) mass is 344 g/mol. The summed E-state index contributed by atoms with van der Waals surface area (Å²) in [6, 6.07) is 7.70. The number of benzene rings is 1. The smallest absolute Gasteiger partial charge is 0.335 e. The molecule has 2 aromatic rings. The van der Waals surface area contributed by atoms with Crippen LogP contribution in [0.5, 0.6) is 0 Å². The molecule has 132 valence electrons. The summed E-state index contributed by atoms with van der Waals surface area (Å²) in [6.07, 6.45) is 0. The van der Waals surface area contributed by atoms with Crippen molar-refractivity contribution in [2.45, 2.75) is 13.5 Å². The second kappa shape index (κ2) is 7.48. The Labute approximate surface area is 145 Å². The minimum atomic E-state index is -0.974. The lowest BCUT2D eigenvalue weighted by Crippen LogP contribution is -2.44. The molecule has 3 rings (SSSR count). The van der Waals surface area contributed by atoms with Gasteiger partial charge in [-0.05, 0) is 42.8 Å². The van der Waals surface area contributed by atoms with E-state index in [1.807, 2.05) is 6.92 Å². The molecular weight excluding hydrogens is 323 g/mol. The van der Waals surface area contributed by atoms with Gasteiger partial charge in [0.05, 0.1) is 17.8 Å². The fourth-order valence-corrected chi connectivity index (χ4v) is 2.85. The molecule has 1 saturated heterocycles. The molecule has 1 aromatic carbocycles. The number of pyridine rings is 1. The first kappa shape index (κ1) is 17.2. The Bertz CT molecular complexity index is 776. The van der Waals surface area contributed by atoms with Gasteiger partial charge in [-0.2, -0.15) is 0 Å². The van der Waals surface area contributed by atoms with Gasteiger partial charge in [-0.25, -0.2) is 14.2 Å². The van der Waals surface area contributed by atoms with E-state index in [2.05, 4.69) is 20.5 Å². The number of carboxylic acids is 1. The molecule has 1 fully saturated rings. The third kappa shape index (κ3) is 4.24. The van der Waals surface area contributed by atoms with Gasteiger partial charge in [0.2, 0.25) is 0 Å². The summed E-state index contributed by atoms with van der Waals surface area (Å²) in [5.74, 6) is -0.581. The van der Waals surface area contributed by atoms with Crippen LogP contribution in [0, 0.1) is 12.7 Å². The number of aryl methyl sites for hydroxylation is 1. The van der Waals surface area contributed by atoms with Gasteiger partial charge < -0.3 is 20.6 Å². The summed E-state index contributed by atoms with van der Waals surface area (Å²) in [7, 11) is 0. The van der Waals surface area contributed by atoms with Gasteiger partial charge in [0.15, 0.2) is 0 Å². The van der Waals surface area contributed by atoms with E-state index in [-0.39, 0.29) is 11.4 Å². The average molecular weight is 344 g/mol. The highest BCUT2D eigenvalue weighted by atomic mass is 19.1. The molecule has 7 heteroatoms. The Morgan fingerprint density at radius 3 is 2.76 bits per heavy atom. The molecule has 0 unspecified atom stereocenters. The number of aromatic carboxylic acids is 1. The minimum Gasteiger partial charge on any atom is -0.478 e. The van der Waals surface area contributed by atoms with E-state index in [1.165, 1.54) is 12.1 Å². The molecule has 2 heterocycles. The van der Waals surface area contributed by atoms with Crippen LogP contribution in [-0.4, -0.2) is 42.2 Å². The van der Waals surface area contributed by atoms with Crippen molar-refractivity contribution in [1.82, 2.24) is 10.3 Å². The first-order valence-corrected chi connectivity index (χ1v) is 8.23. The van der Waals surface area contributed by atoms with Crippen molar-refractivity contribution in [2.24, 2.45) is 0 Å². The van der Waals surface area contributed by atoms with Gasteiger partial charge in [-0.3, -0.25) is 0 Å². The summed E-state index contributed by atoms with van der Waals surface area (Å²) in [5.41, 5.74) is 2.44. The highest BCUT2D eigenvalue weighted by Gasteiger charge is 2.16. The van der Waals surface area contributed by atoms with E-state index < -0.39 is 5.97 Å². The Hall–Kier alpha value is -2.67. The molecule has 25 heavy (non-hydrogen) atoms. The fraction of sp³-hybridized carbons (Fsp3) is 0.333. The molecule has 1 aliphatic heterocycles. The quantitative estimate of drug-likeness (QED) is 0.772. The number of hydrogen-bond acceptors (Lipinski definition) is 5. The second-order valence-corrected chi connectivity index (χ2v) is 6.06. The van der Waals surface area contributed by atoms with Gasteiger partial charge in [0.25, 0.3) is 0 Å². The van der Waals surface area contributed by atoms with Gasteiger partial charge in [-0.1, -0.05) is 0 Å². The Kier molecular flexibility index (Phi) is 5.14. The number of nitrogens with one attached hydrogen (secondary N) is 2. The second-order valence-electron chi connectivity index (χ2n) is 6.06. The Balaban J connectivity index is 1.81. The van der Waals surface area contributed by atoms with Gasteiger partial charge >= 0.3 is 5.97 Å². The van der Waals surface area contributed by atoms with E-state index in [0.29, 0.717) is 18.1 Å². The number of aromatic nitrogens is 1. The zero-order valence-electron chi connectivity index (χ0n) is 14.1. The normalized spacial score (nSPS) is 14.4. The highest BCUT2D eigenvalue weighted by Crippen LogP contribution is 2.19. The standard InChI is InChI=1S/C18H21FN4O2/c1-12-8-14(19)2-3-16(12)21-11-15-9-13(18(24)25)10-17(22-15)23-6-4-20-5-7-23/h2-3,8-10,20-21H,4-7,11H2,1H3,(H,24,25). The number of anilines is 2. The van der Waals surface area contributed by atoms with Crippen LogP contribution in [-0.2, 0) is 6.54 Å². The molecule has 1 aromatic heterocycles. The summed E-state index contributed by atoms with van der Waals surface area (Å²) < 4.78 is 13.2. The van der Waals surface area contributed by atoms with Gasteiger partial charge in [0.1, 0.15) is 11.6 Å². The van der Waals surface area contributed by atoms with Gasteiger partial charge in [0, 0.05) is 31.9 Å². The third-order valence-corrected chi connectivity index (χ3v) is 4.20. The SMILES string of the molecule is Cc1cc(F)ccc1NCc1cc(C(=O)O)cc(N2CCNCC2)n1. The largest absolute Gasteiger partial charge is 0.478 e. The lowest BCUT2D eigenvalue weighted by Gasteiger charge is -2.29. The summed E-state index contributed by atoms with van der Waals surface area (Å²) >= 11 is 0. The number of halogens is 1. The maximum absolute atomic E-state index is 13.2. The fourth-order valence-electron chi connectivity index (χ4n) is 2.85. The topological polar surface area (TPSA) is 77.5 Å². The molecule has 0 atom stereocenters. The number of carbonyl (C=O) groups is 1. The lowest BCUT2D eigenvalue weighted by atomic mass is 10.1. The Morgan fingerprint density at radius 1 is 1.32 bits per heavy atom. The summed E-state index contributed by atoms with van der Waals surface area (Å²) in [4.78, 5) is 18.1. The van der Waals surface area contributed by atoms with Crippen LogP contribution in [0.4, 0.5) is 15.9 Å². The van der Waals surface area contributed by atoms with Crippen molar-refractivity contribution < 1.29 is 14.3 Å². The molecule has 1 aliphatic rings. The third-order valence-electron chi connectivity index (χ3n) is 4.20. The Morgan fingerprint density at radius 2 is 2.08 bits per heavy atom. The van der Waals surface area contributed by atoms with Crippen molar-refractivity contribution >= 4 is 17.5 Å². The zero-order valence-corrected chi connectivity index (χ0v) is 14.1. The first-order valence-electron chi connectivity index (χ1n) is 8.23. The van der Waals surface area contributed by atoms with Crippen molar-refractivity contribution in [1.29, 1.82) is 0 Å². The summed E-state index contributed by atoms with van der Waals surface area (Å²) in [5, 5.41) is 15.8. The van der Waals surface area contributed by atoms with Crippen LogP contribution in [0.15, 0.2) is 30.3 Å². The van der Waals surface area contributed by atoms with Crippen LogP contribution < -0.4 is 15.5 Å². The molecule has 0 radical (unpaired) electrons. The molecule has 0 spiro atoms. The maximum atomic E-state index is 13.2. The van der Waals surface area contributed by atoms with Crippen LogP contribution in [0.3, 0.4) is 0 Å². The van der Waals surface area contributed by atoms with E-state index in [4.69, 9.17) is 0 Å². The average Bonchev–Trinajstić information content (AvgIpc) is 2.61. The molecular formula is C18H21FN4O2. The van der Waals surface area contributed by atoms with Crippen molar-refractivity contribution in [2.75, 3.05) is 36.4 Å². The zero-order chi connectivity index (χ0) is 17.8. The predicted octanol–water partition coefficient (Wildman–Crippen LogP) is 2.25. The van der Waals surface area contributed by atoms with Crippen molar-refractivity contribution in [3.8, 4) is 0 Å². The number of nitrogens with zero attached hydrogens (tertiary/aromatic N) is 2. The molecule has 6 nitrogen and oxygen atoms in total. The van der Waals surface area contributed by atoms with Crippen LogP contribution in [0.2, 0.25) is 0 Å². The van der Waals surface area contributed by atoms with Gasteiger partial charge in [-0.15, -0.1) is 0 Å². The molecule has 3 N–H and O–H groups in total. The van der Waals surface area contributed by atoms with E-state index >= 15 is 0 Å². The molecule has 0 bridgehead atoms. The number of hydrogen-bond donors (Lipinski definition) is 3. The first-order chi connectivity index (χ1) is 12.0. The van der Waals surface area contributed by atoms with E-state index in [0.717, 1.165) is 37.4 Å². The molecule has 0 saturated carbocycles. The number of carboxylic acid groups (broad SMARTS) is 1. The van der Waals surface area contributed by atoms with Crippen molar-refractivity contribution in [3.05, 3.63) is 53.0 Å². The lowest BCUT2D eigenvalue weighted by molar-refractivity contribution is 0.0696. The van der Waals surface area contributed by atoms with E-state index in [9.17, 15) is 14.3 Å². The van der Waals surface area contributed by atoms with Crippen molar-refractivity contribution in [3.63, 3.8) is 0 Å². The number of rotatable bonds is 5. The van der Waals surface area contributed by atoms with E-state index in [1.54, 1.807) is 18.2 Å². The van der Waals surface area contributed by atoms with Crippen LogP contribution in [0.1, 0.15) is 21.6 Å².